The molecule has 1 fully saturated rings. The van der Waals surface area contributed by atoms with Gasteiger partial charge in [0.15, 0.2) is 0 Å². The summed E-state index contributed by atoms with van der Waals surface area (Å²) < 4.78 is 9.58. The zero-order valence-corrected chi connectivity index (χ0v) is 24.4. The average molecular weight is 559 g/mol. The van der Waals surface area contributed by atoms with Gasteiger partial charge in [-0.2, -0.15) is 11.8 Å². The van der Waals surface area contributed by atoms with E-state index in [0.29, 0.717) is 12.5 Å². The highest BCUT2D eigenvalue weighted by Crippen LogP contribution is 2.43. The standard InChI is InChI=1S/C30H39ClN2O2S2/c1-3-6-21-15-24(31)9-11-26(21)23-18-33-17-22-8-13-29(22)36-14-5-4-7-20(2)30(34)32-37-25-10-12-28(35-19-23)27(33)16-25/h9-12,15-16,20,22-23,29H,3-8,13-14,17-19H2,1-2H3,(H,32,34). The van der Waals surface area contributed by atoms with E-state index in [1.807, 2.05) is 13.0 Å². The first-order valence-electron chi connectivity index (χ1n) is 13.9. The first-order chi connectivity index (χ1) is 18.0. The van der Waals surface area contributed by atoms with Gasteiger partial charge in [0.05, 0.1) is 12.3 Å². The Kier molecular flexibility index (Phi) is 9.20. The molecule has 2 bridgehead atoms. The second-order valence-corrected chi connectivity index (χ2v) is 13.5. The quantitative estimate of drug-likeness (QED) is 0.390. The van der Waals surface area contributed by atoms with E-state index in [1.165, 1.54) is 48.1 Å². The smallest absolute Gasteiger partial charge is 0.232 e. The van der Waals surface area contributed by atoms with E-state index in [9.17, 15) is 4.79 Å². The molecular formula is C30H39ClN2O2S2. The summed E-state index contributed by atoms with van der Waals surface area (Å²) in [6, 6.07) is 12.8. The van der Waals surface area contributed by atoms with Crippen LogP contribution < -0.4 is 14.4 Å². The lowest BCUT2D eigenvalue weighted by molar-refractivity contribution is -0.122. The molecule has 7 heteroatoms. The third-order valence-electron chi connectivity index (χ3n) is 8.10. The normalized spacial score (nSPS) is 26.8. The van der Waals surface area contributed by atoms with Gasteiger partial charge in [0.1, 0.15) is 5.75 Å². The van der Waals surface area contributed by atoms with Crippen LogP contribution in [0.2, 0.25) is 5.02 Å². The molecule has 37 heavy (non-hydrogen) atoms. The van der Waals surface area contributed by atoms with Crippen LogP contribution in [0.3, 0.4) is 0 Å². The second-order valence-electron chi connectivity index (χ2n) is 10.8. The van der Waals surface area contributed by atoms with E-state index in [-0.39, 0.29) is 17.7 Å². The number of amides is 1. The highest BCUT2D eigenvalue weighted by molar-refractivity contribution is 8.00. The first-order valence-corrected chi connectivity index (χ1v) is 16.1. The molecule has 2 aromatic carbocycles. The number of fused-ring (bicyclic) bond motifs is 2. The van der Waals surface area contributed by atoms with Gasteiger partial charge in [0, 0.05) is 40.1 Å². The Bertz CT molecular complexity index is 1100. The third-order valence-corrected chi connectivity index (χ3v) is 10.7. The van der Waals surface area contributed by atoms with Crippen LogP contribution in [-0.4, -0.2) is 36.6 Å². The van der Waals surface area contributed by atoms with E-state index in [2.05, 4.69) is 58.6 Å². The summed E-state index contributed by atoms with van der Waals surface area (Å²) >= 11 is 9.98. The van der Waals surface area contributed by atoms with Crippen LogP contribution in [0, 0.1) is 11.8 Å². The van der Waals surface area contributed by atoms with Crippen molar-refractivity contribution in [2.45, 2.75) is 74.9 Å². The van der Waals surface area contributed by atoms with E-state index in [4.69, 9.17) is 16.3 Å². The molecule has 2 aliphatic heterocycles. The molecule has 1 N–H and O–H groups in total. The Morgan fingerprint density at radius 3 is 2.81 bits per heavy atom. The summed E-state index contributed by atoms with van der Waals surface area (Å²) in [7, 11) is 0. The molecule has 1 amide bonds. The molecular weight excluding hydrogens is 520 g/mol. The van der Waals surface area contributed by atoms with Gasteiger partial charge in [-0.15, -0.1) is 0 Å². The van der Waals surface area contributed by atoms with Gasteiger partial charge in [0.2, 0.25) is 5.91 Å². The number of benzene rings is 2. The first kappa shape index (κ1) is 27.1. The molecule has 4 unspecified atom stereocenters. The SMILES string of the molecule is CCCc1cc(Cl)ccc1C1COc2ccc3cc2N(C1)CC1CCC1SCCCCC(C)C(=O)NS3. The van der Waals surface area contributed by atoms with Crippen LogP contribution in [0.25, 0.3) is 0 Å². The predicted octanol–water partition coefficient (Wildman–Crippen LogP) is 7.73. The Hall–Kier alpha value is -1.50. The summed E-state index contributed by atoms with van der Waals surface area (Å²) in [6.07, 6.45) is 8.02. The van der Waals surface area contributed by atoms with Crippen LogP contribution >= 0.6 is 35.3 Å². The number of rotatable bonds is 3. The summed E-state index contributed by atoms with van der Waals surface area (Å²) in [6.45, 7) is 6.91. The van der Waals surface area contributed by atoms with Gasteiger partial charge < -0.3 is 9.64 Å². The number of nitrogens with zero attached hydrogens (tertiary/aromatic N) is 1. The van der Waals surface area contributed by atoms with E-state index >= 15 is 0 Å². The van der Waals surface area contributed by atoms with E-state index in [0.717, 1.165) is 65.4 Å². The molecule has 0 spiro atoms. The van der Waals surface area contributed by atoms with Crippen molar-refractivity contribution in [3.8, 4) is 5.75 Å². The van der Waals surface area contributed by atoms with Crippen LogP contribution in [0.1, 0.15) is 69.4 Å². The molecule has 2 aromatic rings. The number of hydrogen-bond acceptors (Lipinski definition) is 5. The van der Waals surface area contributed by atoms with Gasteiger partial charge in [-0.05, 0) is 97.2 Å². The molecule has 5 rings (SSSR count). The number of thioether (sulfide) groups is 1. The Balaban J connectivity index is 1.45. The van der Waals surface area contributed by atoms with Gasteiger partial charge in [-0.3, -0.25) is 9.52 Å². The van der Waals surface area contributed by atoms with Crippen molar-refractivity contribution in [3.05, 3.63) is 52.5 Å². The molecule has 1 aliphatic carbocycles. The maximum atomic E-state index is 12.7. The summed E-state index contributed by atoms with van der Waals surface area (Å²) in [5.74, 6) is 3.29. The number of ether oxygens (including phenoxy) is 1. The molecule has 0 saturated heterocycles. The summed E-state index contributed by atoms with van der Waals surface area (Å²) in [5, 5.41) is 1.55. The Labute approximate surface area is 235 Å². The lowest BCUT2D eigenvalue weighted by Crippen LogP contribution is -2.41. The van der Waals surface area contributed by atoms with Crippen molar-refractivity contribution in [1.29, 1.82) is 0 Å². The fourth-order valence-corrected chi connectivity index (χ4v) is 8.13. The number of aryl methyl sites for hydroxylation is 1. The second kappa shape index (κ2) is 12.6. The van der Waals surface area contributed by atoms with Gasteiger partial charge in [0.25, 0.3) is 0 Å². The largest absolute Gasteiger partial charge is 0.491 e. The highest BCUT2D eigenvalue weighted by atomic mass is 35.5. The van der Waals surface area contributed by atoms with Crippen molar-refractivity contribution in [2.24, 2.45) is 11.8 Å². The number of nitrogens with one attached hydrogen (secondary N) is 1. The molecule has 1 saturated carbocycles. The van der Waals surface area contributed by atoms with Gasteiger partial charge in [-0.25, -0.2) is 0 Å². The molecule has 4 atom stereocenters. The predicted molar refractivity (Wildman–Crippen MR) is 158 cm³/mol. The summed E-state index contributed by atoms with van der Waals surface area (Å²) in [5.41, 5.74) is 3.86. The zero-order chi connectivity index (χ0) is 25.8. The lowest BCUT2D eigenvalue weighted by atomic mass is 9.83. The molecule has 200 valence electrons. The minimum atomic E-state index is 0.0416. The summed E-state index contributed by atoms with van der Waals surface area (Å²) in [4.78, 5) is 16.3. The number of hydrogen-bond donors (Lipinski definition) is 1. The minimum Gasteiger partial charge on any atom is -0.491 e. The number of carbonyl (C=O) groups is 1. The Morgan fingerprint density at radius 2 is 2.00 bits per heavy atom. The van der Waals surface area contributed by atoms with Gasteiger partial charge >= 0.3 is 0 Å². The van der Waals surface area contributed by atoms with E-state index in [1.54, 1.807) is 0 Å². The maximum absolute atomic E-state index is 12.7. The average Bonchev–Trinajstić information content (AvgIpc) is 3.06. The monoisotopic (exact) mass is 558 g/mol. The van der Waals surface area contributed by atoms with Crippen molar-refractivity contribution in [3.63, 3.8) is 0 Å². The number of anilines is 1. The number of halogens is 1. The Morgan fingerprint density at radius 1 is 1.11 bits per heavy atom. The van der Waals surface area contributed by atoms with Crippen molar-refractivity contribution in [1.82, 2.24) is 4.72 Å². The molecule has 3 aliphatic rings. The van der Waals surface area contributed by atoms with Crippen molar-refractivity contribution in [2.75, 3.05) is 30.3 Å². The molecule has 2 heterocycles. The lowest BCUT2D eigenvalue weighted by Gasteiger charge is -2.41. The molecule has 0 radical (unpaired) electrons. The maximum Gasteiger partial charge on any atom is 0.232 e. The van der Waals surface area contributed by atoms with Crippen LogP contribution in [0.5, 0.6) is 5.75 Å². The zero-order valence-electron chi connectivity index (χ0n) is 22.0. The fourth-order valence-electron chi connectivity index (χ4n) is 5.73. The van der Waals surface area contributed by atoms with Crippen molar-refractivity contribution < 1.29 is 9.53 Å². The van der Waals surface area contributed by atoms with E-state index < -0.39 is 0 Å². The van der Waals surface area contributed by atoms with Crippen LogP contribution in [-0.2, 0) is 11.2 Å². The van der Waals surface area contributed by atoms with Crippen molar-refractivity contribution >= 4 is 46.9 Å². The molecule has 4 nitrogen and oxygen atoms in total. The van der Waals surface area contributed by atoms with Crippen LogP contribution in [0.15, 0.2) is 41.3 Å². The highest BCUT2D eigenvalue weighted by Gasteiger charge is 2.35. The minimum absolute atomic E-state index is 0.0416. The molecule has 0 aromatic heterocycles. The fraction of sp³-hybridized carbons (Fsp3) is 0.567. The number of carbonyl (C=O) groups excluding carboxylic acids is 1. The van der Waals surface area contributed by atoms with Gasteiger partial charge in [-0.1, -0.05) is 44.4 Å². The topological polar surface area (TPSA) is 41.6 Å². The van der Waals surface area contributed by atoms with Crippen LogP contribution in [0.4, 0.5) is 5.69 Å². The third kappa shape index (κ3) is 6.57.